The van der Waals surface area contributed by atoms with Crippen LogP contribution in [0.2, 0.25) is 0 Å². The normalized spacial score (nSPS) is 14.8. The first kappa shape index (κ1) is 16.3. The standard InChI is InChI=1S/C10H22N2O4S/c1-8(9(13)16-6)7-12(5)17(14,15)11-10(2,3)4/h8,11H,7H2,1-6H3. The van der Waals surface area contributed by atoms with Crippen molar-refractivity contribution in [1.82, 2.24) is 9.03 Å². The third-order valence-electron chi connectivity index (χ3n) is 1.98. The lowest BCUT2D eigenvalue weighted by atomic mass is 10.1. The molecule has 7 heteroatoms. The zero-order valence-corrected chi connectivity index (χ0v) is 12.1. The van der Waals surface area contributed by atoms with E-state index in [2.05, 4.69) is 9.46 Å². The summed E-state index contributed by atoms with van der Waals surface area (Å²) in [4.78, 5) is 11.2. The number of methoxy groups -OCH3 is 1. The molecule has 0 aromatic heterocycles. The van der Waals surface area contributed by atoms with Crippen LogP contribution >= 0.6 is 0 Å². The predicted molar refractivity (Wildman–Crippen MR) is 65.6 cm³/mol. The van der Waals surface area contributed by atoms with Crippen LogP contribution in [0.25, 0.3) is 0 Å². The highest BCUT2D eigenvalue weighted by molar-refractivity contribution is 7.87. The van der Waals surface area contributed by atoms with Gasteiger partial charge in [0.2, 0.25) is 0 Å². The highest BCUT2D eigenvalue weighted by Crippen LogP contribution is 2.08. The first-order chi connectivity index (χ1) is 7.49. The number of nitrogens with zero attached hydrogens (tertiary/aromatic N) is 1. The number of rotatable bonds is 5. The van der Waals surface area contributed by atoms with E-state index in [1.165, 1.54) is 14.2 Å². The van der Waals surface area contributed by atoms with E-state index in [0.717, 1.165) is 4.31 Å². The first-order valence-corrected chi connectivity index (χ1v) is 6.76. The smallest absolute Gasteiger partial charge is 0.309 e. The minimum atomic E-state index is -3.58. The maximum Gasteiger partial charge on any atom is 0.309 e. The summed E-state index contributed by atoms with van der Waals surface area (Å²) in [6, 6.07) is 0. The molecule has 0 saturated heterocycles. The summed E-state index contributed by atoms with van der Waals surface area (Å²) in [5, 5.41) is 0. The van der Waals surface area contributed by atoms with Gasteiger partial charge in [0.25, 0.3) is 10.2 Å². The van der Waals surface area contributed by atoms with Gasteiger partial charge in [0.05, 0.1) is 13.0 Å². The van der Waals surface area contributed by atoms with E-state index < -0.39 is 27.6 Å². The summed E-state index contributed by atoms with van der Waals surface area (Å²) < 4.78 is 31.9. The zero-order chi connectivity index (χ0) is 13.9. The fourth-order valence-electron chi connectivity index (χ4n) is 1.22. The Balaban J connectivity index is 4.61. The van der Waals surface area contributed by atoms with Crippen LogP contribution in [0.4, 0.5) is 0 Å². The highest BCUT2D eigenvalue weighted by Gasteiger charge is 2.27. The van der Waals surface area contributed by atoms with Gasteiger partial charge in [-0.2, -0.15) is 17.4 Å². The molecular weight excluding hydrogens is 244 g/mol. The predicted octanol–water partition coefficient (Wildman–Crippen LogP) is 0.360. The van der Waals surface area contributed by atoms with E-state index in [4.69, 9.17) is 0 Å². The molecule has 1 unspecified atom stereocenters. The van der Waals surface area contributed by atoms with Gasteiger partial charge in [-0.05, 0) is 20.8 Å². The number of carbonyl (C=O) groups excluding carboxylic acids is 1. The van der Waals surface area contributed by atoms with Crippen molar-refractivity contribution in [2.75, 3.05) is 20.7 Å². The summed E-state index contributed by atoms with van der Waals surface area (Å²) in [7, 11) is -0.877. The monoisotopic (exact) mass is 266 g/mol. The Morgan fingerprint density at radius 2 is 1.88 bits per heavy atom. The highest BCUT2D eigenvalue weighted by atomic mass is 32.2. The van der Waals surface area contributed by atoms with Crippen molar-refractivity contribution >= 4 is 16.2 Å². The van der Waals surface area contributed by atoms with Gasteiger partial charge in [-0.3, -0.25) is 4.79 Å². The molecule has 0 bridgehead atoms. The molecule has 1 atom stereocenters. The second-order valence-corrected chi connectivity index (χ2v) is 6.84. The molecule has 0 heterocycles. The molecule has 0 radical (unpaired) electrons. The van der Waals surface area contributed by atoms with Crippen LogP contribution in [0, 0.1) is 5.92 Å². The molecule has 0 aromatic carbocycles. The number of hydrogen-bond acceptors (Lipinski definition) is 4. The van der Waals surface area contributed by atoms with Crippen LogP contribution in [-0.2, 0) is 19.7 Å². The molecule has 17 heavy (non-hydrogen) atoms. The van der Waals surface area contributed by atoms with Gasteiger partial charge in [0.1, 0.15) is 0 Å². The summed E-state index contributed by atoms with van der Waals surface area (Å²) in [6.45, 7) is 6.96. The fourth-order valence-corrected chi connectivity index (χ4v) is 2.57. The van der Waals surface area contributed by atoms with E-state index in [0.29, 0.717) is 0 Å². The van der Waals surface area contributed by atoms with E-state index in [9.17, 15) is 13.2 Å². The lowest BCUT2D eigenvalue weighted by Gasteiger charge is -2.26. The minimum Gasteiger partial charge on any atom is -0.469 e. The molecule has 0 fully saturated rings. The average molecular weight is 266 g/mol. The first-order valence-electron chi connectivity index (χ1n) is 5.32. The molecule has 0 aliphatic carbocycles. The van der Waals surface area contributed by atoms with Crippen LogP contribution < -0.4 is 4.72 Å². The molecule has 6 nitrogen and oxygen atoms in total. The minimum absolute atomic E-state index is 0.0814. The molecule has 0 aliphatic heterocycles. The Kier molecular flexibility index (Phi) is 5.57. The van der Waals surface area contributed by atoms with Crippen LogP contribution in [0.15, 0.2) is 0 Å². The Hall–Kier alpha value is -0.660. The number of hydrogen-bond donors (Lipinski definition) is 1. The quantitative estimate of drug-likeness (QED) is 0.729. The lowest BCUT2D eigenvalue weighted by Crippen LogP contribution is -2.49. The maximum atomic E-state index is 11.9. The van der Waals surface area contributed by atoms with Gasteiger partial charge in [0.15, 0.2) is 0 Å². The molecule has 0 amide bonds. The zero-order valence-electron chi connectivity index (χ0n) is 11.3. The van der Waals surface area contributed by atoms with Gasteiger partial charge in [-0.15, -0.1) is 0 Å². The van der Waals surface area contributed by atoms with Gasteiger partial charge in [0, 0.05) is 19.1 Å². The SMILES string of the molecule is COC(=O)C(C)CN(C)S(=O)(=O)NC(C)(C)C. The second kappa shape index (κ2) is 5.79. The molecule has 0 aromatic rings. The van der Waals surface area contributed by atoms with E-state index in [-0.39, 0.29) is 6.54 Å². The summed E-state index contributed by atoms with van der Waals surface area (Å²) >= 11 is 0. The Morgan fingerprint density at radius 1 is 1.41 bits per heavy atom. The lowest BCUT2D eigenvalue weighted by molar-refractivity contribution is -0.144. The Bertz CT molecular complexity index is 359. The third-order valence-corrected chi connectivity index (χ3v) is 3.82. The fraction of sp³-hybridized carbons (Fsp3) is 0.900. The van der Waals surface area contributed by atoms with E-state index in [1.54, 1.807) is 27.7 Å². The van der Waals surface area contributed by atoms with Gasteiger partial charge >= 0.3 is 5.97 Å². The largest absolute Gasteiger partial charge is 0.469 e. The van der Waals surface area contributed by atoms with Crippen LogP contribution in [0.5, 0.6) is 0 Å². The van der Waals surface area contributed by atoms with Crippen molar-refractivity contribution in [2.24, 2.45) is 5.92 Å². The van der Waals surface area contributed by atoms with Crippen molar-refractivity contribution in [3.63, 3.8) is 0 Å². The molecule has 0 rings (SSSR count). The Labute approximate surface area is 104 Å². The molecule has 0 spiro atoms. The molecule has 1 N–H and O–H groups in total. The summed E-state index contributed by atoms with van der Waals surface area (Å²) in [6.07, 6.45) is 0. The number of carbonyl (C=O) groups is 1. The van der Waals surface area contributed by atoms with Gasteiger partial charge in [-0.25, -0.2) is 0 Å². The topological polar surface area (TPSA) is 75.7 Å². The molecular formula is C10H22N2O4S. The van der Waals surface area contributed by atoms with Crippen molar-refractivity contribution < 1.29 is 17.9 Å². The van der Waals surface area contributed by atoms with Crippen molar-refractivity contribution in [2.45, 2.75) is 33.2 Å². The van der Waals surface area contributed by atoms with Crippen molar-refractivity contribution in [3.05, 3.63) is 0 Å². The molecule has 0 aliphatic rings. The van der Waals surface area contributed by atoms with Gasteiger partial charge < -0.3 is 4.74 Å². The third kappa shape index (κ3) is 5.99. The van der Waals surface area contributed by atoms with Crippen molar-refractivity contribution in [3.8, 4) is 0 Å². The second-order valence-electron chi connectivity index (χ2n) is 5.06. The maximum absolute atomic E-state index is 11.9. The average Bonchev–Trinajstić information content (AvgIpc) is 2.12. The van der Waals surface area contributed by atoms with Crippen LogP contribution in [-0.4, -0.2) is 44.9 Å². The summed E-state index contributed by atoms with van der Waals surface area (Å²) in [5.41, 5.74) is -0.554. The van der Waals surface area contributed by atoms with E-state index in [1.807, 2.05) is 0 Å². The molecule has 0 saturated carbocycles. The van der Waals surface area contributed by atoms with E-state index >= 15 is 0 Å². The van der Waals surface area contributed by atoms with Crippen LogP contribution in [0.3, 0.4) is 0 Å². The number of ether oxygens (including phenoxy) is 1. The number of esters is 1. The van der Waals surface area contributed by atoms with Crippen LogP contribution in [0.1, 0.15) is 27.7 Å². The number of nitrogens with one attached hydrogen (secondary N) is 1. The van der Waals surface area contributed by atoms with Gasteiger partial charge in [-0.1, -0.05) is 6.92 Å². The Morgan fingerprint density at radius 3 is 2.24 bits per heavy atom. The van der Waals surface area contributed by atoms with Crippen molar-refractivity contribution in [1.29, 1.82) is 0 Å². The summed E-state index contributed by atoms with van der Waals surface area (Å²) in [5.74, 6) is -0.927. The molecule has 102 valence electrons.